The van der Waals surface area contributed by atoms with Gasteiger partial charge in [-0.3, -0.25) is 0 Å². The van der Waals surface area contributed by atoms with Crippen LogP contribution in [0.1, 0.15) is 5.56 Å². The largest absolute Gasteiger partial charge is 0.508 e. The molecule has 0 saturated carbocycles. The summed E-state index contributed by atoms with van der Waals surface area (Å²) in [7, 11) is 0. The molecule has 2 rings (SSSR count). The lowest BCUT2D eigenvalue weighted by molar-refractivity contribution is -0.0497. The molecule has 0 aliphatic carbocycles. The molecule has 0 aromatic heterocycles. The van der Waals surface area contributed by atoms with E-state index in [0.717, 1.165) is 0 Å². The molecule has 0 heterocycles. The summed E-state index contributed by atoms with van der Waals surface area (Å²) in [4.78, 5) is 11.9. The van der Waals surface area contributed by atoms with Crippen LogP contribution < -0.4 is 15.4 Å². The molecule has 2 amide bonds. The maximum atomic E-state index is 12.1. The van der Waals surface area contributed by atoms with E-state index in [0.29, 0.717) is 16.9 Å². The van der Waals surface area contributed by atoms with E-state index in [1.54, 1.807) is 19.1 Å². The van der Waals surface area contributed by atoms with E-state index in [9.17, 15) is 18.7 Å². The zero-order valence-electron chi connectivity index (χ0n) is 11.6. The molecule has 0 radical (unpaired) electrons. The Morgan fingerprint density at radius 2 is 1.95 bits per heavy atom. The van der Waals surface area contributed by atoms with Gasteiger partial charge in [0.2, 0.25) is 0 Å². The number of halogens is 2. The smallest absolute Gasteiger partial charge is 0.387 e. The third kappa shape index (κ3) is 4.34. The fraction of sp³-hybridized carbons (Fsp3) is 0.133. The summed E-state index contributed by atoms with van der Waals surface area (Å²) in [6.45, 7) is -1.20. The average Bonchev–Trinajstić information content (AvgIpc) is 2.41. The van der Waals surface area contributed by atoms with E-state index in [1.807, 2.05) is 0 Å². The van der Waals surface area contributed by atoms with E-state index in [2.05, 4.69) is 15.4 Å². The second-order valence-electron chi connectivity index (χ2n) is 4.48. The Bertz CT molecular complexity index is 678. The molecular weight excluding hydrogens is 294 g/mol. The number of nitrogens with one attached hydrogen (secondary N) is 2. The van der Waals surface area contributed by atoms with Gasteiger partial charge in [0.25, 0.3) is 0 Å². The minimum Gasteiger partial charge on any atom is -0.508 e. The number of carbonyl (C=O) groups excluding carboxylic acids is 1. The molecule has 0 unspecified atom stereocenters. The van der Waals surface area contributed by atoms with Crippen LogP contribution in [0, 0.1) is 6.92 Å². The van der Waals surface area contributed by atoms with Gasteiger partial charge in [0.1, 0.15) is 11.5 Å². The predicted octanol–water partition coefficient (Wildman–Crippen LogP) is 3.95. The molecule has 0 saturated heterocycles. The van der Waals surface area contributed by atoms with E-state index < -0.39 is 12.6 Å². The highest BCUT2D eigenvalue weighted by molar-refractivity contribution is 6.00. The number of aromatic hydroxyl groups is 1. The number of phenolic OH excluding ortho intramolecular Hbond substituents is 1. The number of ether oxygens (including phenoxy) is 1. The number of carbonyl (C=O) groups is 1. The molecule has 116 valence electrons. The fourth-order valence-electron chi connectivity index (χ4n) is 1.82. The Kier molecular flexibility index (Phi) is 4.77. The first-order chi connectivity index (χ1) is 10.4. The first kappa shape index (κ1) is 15.6. The Labute approximate surface area is 125 Å². The van der Waals surface area contributed by atoms with Crippen molar-refractivity contribution in [1.82, 2.24) is 0 Å². The van der Waals surface area contributed by atoms with Crippen molar-refractivity contribution in [3.8, 4) is 11.5 Å². The van der Waals surface area contributed by atoms with Gasteiger partial charge >= 0.3 is 12.6 Å². The number of rotatable bonds is 4. The first-order valence-electron chi connectivity index (χ1n) is 6.36. The van der Waals surface area contributed by atoms with Crippen LogP contribution in [-0.4, -0.2) is 17.7 Å². The molecular formula is C15H14F2N2O3. The van der Waals surface area contributed by atoms with E-state index in [4.69, 9.17) is 0 Å². The van der Waals surface area contributed by atoms with Crippen LogP contribution in [0.25, 0.3) is 0 Å². The van der Waals surface area contributed by atoms with Crippen LogP contribution in [0.2, 0.25) is 0 Å². The summed E-state index contributed by atoms with van der Waals surface area (Å²) < 4.78 is 28.5. The van der Waals surface area contributed by atoms with Crippen molar-refractivity contribution >= 4 is 17.4 Å². The van der Waals surface area contributed by atoms with Gasteiger partial charge in [-0.2, -0.15) is 8.78 Å². The van der Waals surface area contributed by atoms with Crippen LogP contribution in [-0.2, 0) is 0 Å². The number of phenols is 1. The number of aryl methyl sites for hydroxylation is 1. The lowest BCUT2D eigenvalue weighted by Crippen LogP contribution is -2.20. The lowest BCUT2D eigenvalue weighted by atomic mass is 10.2. The third-order valence-corrected chi connectivity index (χ3v) is 2.78. The number of hydrogen-bond acceptors (Lipinski definition) is 3. The van der Waals surface area contributed by atoms with Crippen LogP contribution in [0.4, 0.5) is 25.0 Å². The van der Waals surface area contributed by atoms with Gasteiger partial charge in [0.15, 0.2) is 0 Å². The molecule has 22 heavy (non-hydrogen) atoms. The normalized spacial score (nSPS) is 10.4. The summed E-state index contributed by atoms with van der Waals surface area (Å²) in [5, 5.41) is 14.4. The SMILES string of the molecule is Cc1cc(O)ccc1NC(=O)Nc1cccc(OC(F)F)c1. The van der Waals surface area contributed by atoms with Crippen molar-refractivity contribution in [3.63, 3.8) is 0 Å². The van der Waals surface area contributed by atoms with Gasteiger partial charge in [-0.25, -0.2) is 4.79 Å². The quantitative estimate of drug-likeness (QED) is 0.749. The summed E-state index contributed by atoms with van der Waals surface area (Å²) in [6.07, 6.45) is 0. The zero-order chi connectivity index (χ0) is 16.1. The fourth-order valence-corrected chi connectivity index (χ4v) is 1.82. The van der Waals surface area contributed by atoms with Crippen LogP contribution in [0.3, 0.4) is 0 Å². The van der Waals surface area contributed by atoms with Crippen LogP contribution >= 0.6 is 0 Å². The Hall–Kier alpha value is -2.83. The van der Waals surface area contributed by atoms with Crippen molar-refractivity contribution < 1.29 is 23.4 Å². The summed E-state index contributed by atoms with van der Waals surface area (Å²) >= 11 is 0. The second kappa shape index (κ2) is 6.75. The molecule has 0 aliphatic rings. The Morgan fingerprint density at radius 1 is 1.18 bits per heavy atom. The van der Waals surface area contributed by atoms with E-state index >= 15 is 0 Å². The maximum absolute atomic E-state index is 12.1. The van der Waals surface area contributed by atoms with Gasteiger partial charge in [0, 0.05) is 17.4 Å². The zero-order valence-corrected chi connectivity index (χ0v) is 11.6. The Morgan fingerprint density at radius 3 is 2.64 bits per heavy atom. The van der Waals surface area contributed by atoms with Gasteiger partial charge < -0.3 is 20.5 Å². The molecule has 7 heteroatoms. The number of anilines is 2. The molecule has 0 bridgehead atoms. The van der Waals surface area contributed by atoms with Gasteiger partial charge in [0.05, 0.1) is 0 Å². The van der Waals surface area contributed by atoms with E-state index in [-0.39, 0.29) is 11.5 Å². The highest BCUT2D eigenvalue weighted by Gasteiger charge is 2.08. The minimum atomic E-state index is -2.93. The monoisotopic (exact) mass is 308 g/mol. The van der Waals surface area contributed by atoms with Gasteiger partial charge in [-0.15, -0.1) is 0 Å². The third-order valence-electron chi connectivity index (χ3n) is 2.78. The number of alkyl halides is 2. The first-order valence-corrected chi connectivity index (χ1v) is 6.36. The standard InChI is InChI=1S/C15H14F2N2O3/c1-9-7-11(20)5-6-13(9)19-15(21)18-10-3-2-4-12(8-10)22-14(16)17/h2-8,14,20H,1H3,(H2,18,19,21). The molecule has 0 fully saturated rings. The minimum absolute atomic E-state index is 0.0476. The van der Waals surface area contributed by atoms with Crippen LogP contribution in [0.5, 0.6) is 11.5 Å². The second-order valence-corrected chi connectivity index (χ2v) is 4.48. The van der Waals surface area contributed by atoms with Crippen molar-refractivity contribution in [2.24, 2.45) is 0 Å². The summed E-state index contributed by atoms with van der Waals surface area (Å²) in [6, 6.07) is 9.64. The van der Waals surface area contributed by atoms with Crippen molar-refractivity contribution in [1.29, 1.82) is 0 Å². The Balaban J connectivity index is 2.02. The van der Waals surface area contributed by atoms with Crippen LogP contribution in [0.15, 0.2) is 42.5 Å². The van der Waals surface area contributed by atoms with Gasteiger partial charge in [-0.1, -0.05) is 6.07 Å². The highest BCUT2D eigenvalue weighted by atomic mass is 19.3. The number of urea groups is 1. The number of amides is 2. The average molecular weight is 308 g/mol. The molecule has 0 spiro atoms. The van der Waals surface area contributed by atoms with Gasteiger partial charge in [-0.05, 0) is 42.8 Å². The summed E-state index contributed by atoms with van der Waals surface area (Å²) in [5.74, 6) is 0.0499. The molecule has 2 aromatic carbocycles. The molecule has 5 nitrogen and oxygen atoms in total. The van der Waals surface area contributed by atoms with Crippen molar-refractivity contribution in [2.75, 3.05) is 10.6 Å². The maximum Gasteiger partial charge on any atom is 0.387 e. The lowest BCUT2D eigenvalue weighted by Gasteiger charge is -2.11. The summed E-state index contributed by atoms with van der Waals surface area (Å²) in [5.41, 5.74) is 1.52. The molecule has 2 aromatic rings. The molecule has 0 atom stereocenters. The van der Waals surface area contributed by atoms with Crippen molar-refractivity contribution in [3.05, 3.63) is 48.0 Å². The molecule has 0 aliphatic heterocycles. The topological polar surface area (TPSA) is 70.6 Å². The number of hydrogen-bond donors (Lipinski definition) is 3. The van der Waals surface area contributed by atoms with Crippen molar-refractivity contribution in [2.45, 2.75) is 13.5 Å². The predicted molar refractivity (Wildman–Crippen MR) is 78.6 cm³/mol. The molecule has 3 N–H and O–H groups in total. The van der Waals surface area contributed by atoms with E-state index in [1.165, 1.54) is 30.3 Å². The highest BCUT2D eigenvalue weighted by Crippen LogP contribution is 2.22. The number of benzene rings is 2.